The Hall–Kier alpha value is -2.40. The normalized spacial score (nSPS) is 10.3. The minimum atomic E-state index is -0.475. The van der Waals surface area contributed by atoms with Gasteiger partial charge in [-0.2, -0.15) is 0 Å². The lowest BCUT2D eigenvalue weighted by Crippen LogP contribution is -2.36. The molecule has 0 aromatic heterocycles. The fourth-order valence-electron chi connectivity index (χ4n) is 2.17. The number of hydrogen-bond donors (Lipinski definition) is 1. The molecule has 0 atom stereocenters. The van der Waals surface area contributed by atoms with E-state index in [4.69, 9.17) is 10.5 Å². The summed E-state index contributed by atoms with van der Waals surface area (Å²) < 4.78 is 18.8. The van der Waals surface area contributed by atoms with Crippen molar-refractivity contribution in [2.75, 3.05) is 19.7 Å². The summed E-state index contributed by atoms with van der Waals surface area (Å²) in [7, 11) is 0. The lowest BCUT2D eigenvalue weighted by molar-refractivity contribution is -0.134. The van der Waals surface area contributed by atoms with Crippen molar-refractivity contribution in [1.82, 2.24) is 4.90 Å². The highest BCUT2D eigenvalue weighted by atomic mass is 19.1. The predicted molar refractivity (Wildman–Crippen MR) is 87.4 cm³/mol. The van der Waals surface area contributed by atoms with Crippen LogP contribution in [-0.4, -0.2) is 30.5 Å². The summed E-state index contributed by atoms with van der Waals surface area (Å²) >= 11 is 0. The molecule has 0 fully saturated rings. The topological polar surface area (TPSA) is 55.6 Å². The van der Waals surface area contributed by atoms with Crippen molar-refractivity contribution in [2.24, 2.45) is 5.73 Å². The molecule has 0 heterocycles. The van der Waals surface area contributed by atoms with Crippen LogP contribution in [0.3, 0.4) is 0 Å². The highest BCUT2D eigenvalue weighted by Crippen LogP contribution is 2.15. The molecule has 0 radical (unpaired) electrons. The maximum atomic E-state index is 13.5. The van der Waals surface area contributed by atoms with Gasteiger partial charge in [0.2, 0.25) is 0 Å². The van der Waals surface area contributed by atoms with Crippen molar-refractivity contribution in [1.29, 1.82) is 0 Å². The standard InChI is InChI=1S/C18H21FN2O2/c19-16-9-4-5-10-17(16)23-14-18(22)21(12-6-11-20)13-15-7-2-1-3-8-15/h1-5,7-10H,6,11-14,20H2. The molecule has 4 nitrogen and oxygen atoms in total. The van der Waals surface area contributed by atoms with Crippen LogP contribution in [0.25, 0.3) is 0 Å². The van der Waals surface area contributed by atoms with E-state index in [-0.39, 0.29) is 18.3 Å². The smallest absolute Gasteiger partial charge is 0.260 e. The van der Waals surface area contributed by atoms with E-state index in [1.54, 1.807) is 17.0 Å². The predicted octanol–water partition coefficient (Wildman–Crippen LogP) is 2.58. The first-order chi connectivity index (χ1) is 11.2. The molecule has 0 saturated heterocycles. The zero-order valence-corrected chi connectivity index (χ0v) is 13.0. The molecule has 0 aliphatic rings. The van der Waals surface area contributed by atoms with Crippen molar-refractivity contribution in [3.8, 4) is 5.75 Å². The molecule has 0 saturated carbocycles. The fraction of sp³-hybridized carbons (Fsp3) is 0.278. The van der Waals surface area contributed by atoms with Gasteiger partial charge in [0.05, 0.1) is 0 Å². The molecule has 0 aliphatic carbocycles. The van der Waals surface area contributed by atoms with Gasteiger partial charge in [-0.1, -0.05) is 42.5 Å². The van der Waals surface area contributed by atoms with E-state index >= 15 is 0 Å². The van der Waals surface area contributed by atoms with Crippen molar-refractivity contribution in [3.63, 3.8) is 0 Å². The molecular weight excluding hydrogens is 295 g/mol. The van der Waals surface area contributed by atoms with E-state index in [1.165, 1.54) is 12.1 Å². The molecule has 122 valence electrons. The summed E-state index contributed by atoms with van der Waals surface area (Å²) in [6.07, 6.45) is 0.707. The number of nitrogens with two attached hydrogens (primary N) is 1. The number of para-hydroxylation sites is 1. The number of carbonyl (C=O) groups excluding carboxylic acids is 1. The molecule has 2 N–H and O–H groups in total. The molecule has 0 aliphatic heterocycles. The Balaban J connectivity index is 1.97. The van der Waals surface area contributed by atoms with Gasteiger partial charge >= 0.3 is 0 Å². The quantitative estimate of drug-likeness (QED) is 0.814. The van der Waals surface area contributed by atoms with Crippen LogP contribution in [0.5, 0.6) is 5.75 Å². The Kier molecular flexibility index (Phi) is 6.56. The summed E-state index contributed by atoms with van der Waals surface area (Å²) in [6.45, 7) is 1.34. The van der Waals surface area contributed by atoms with Crippen molar-refractivity contribution >= 4 is 5.91 Å². The van der Waals surface area contributed by atoms with E-state index in [0.29, 0.717) is 26.1 Å². The molecular formula is C18H21FN2O2. The number of benzene rings is 2. The van der Waals surface area contributed by atoms with Gasteiger partial charge in [-0.3, -0.25) is 4.79 Å². The number of carbonyl (C=O) groups is 1. The van der Waals surface area contributed by atoms with E-state index in [2.05, 4.69) is 0 Å². The van der Waals surface area contributed by atoms with E-state index in [0.717, 1.165) is 5.56 Å². The average Bonchev–Trinajstić information content (AvgIpc) is 2.58. The Morgan fingerprint density at radius 2 is 1.78 bits per heavy atom. The second-order valence-electron chi connectivity index (χ2n) is 5.16. The molecule has 2 aromatic carbocycles. The molecule has 1 amide bonds. The van der Waals surface area contributed by atoms with Crippen LogP contribution in [0.2, 0.25) is 0 Å². The molecule has 2 aromatic rings. The van der Waals surface area contributed by atoms with Gasteiger partial charge in [0.1, 0.15) is 0 Å². The van der Waals surface area contributed by atoms with Gasteiger partial charge in [0.25, 0.3) is 5.91 Å². The molecule has 23 heavy (non-hydrogen) atoms. The monoisotopic (exact) mass is 316 g/mol. The molecule has 5 heteroatoms. The van der Waals surface area contributed by atoms with Gasteiger partial charge in [-0.25, -0.2) is 4.39 Å². The lowest BCUT2D eigenvalue weighted by Gasteiger charge is -2.23. The largest absolute Gasteiger partial charge is 0.481 e. The van der Waals surface area contributed by atoms with Crippen molar-refractivity contribution < 1.29 is 13.9 Å². The maximum Gasteiger partial charge on any atom is 0.260 e. The molecule has 0 bridgehead atoms. The second kappa shape index (κ2) is 8.90. The highest BCUT2D eigenvalue weighted by Gasteiger charge is 2.15. The van der Waals surface area contributed by atoms with E-state index in [1.807, 2.05) is 30.3 Å². The summed E-state index contributed by atoms with van der Waals surface area (Å²) in [5.41, 5.74) is 6.57. The van der Waals surface area contributed by atoms with Crippen LogP contribution >= 0.6 is 0 Å². The summed E-state index contributed by atoms with van der Waals surface area (Å²) in [4.78, 5) is 14.1. The number of amides is 1. The van der Waals surface area contributed by atoms with Crippen LogP contribution in [0.4, 0.5) is 4.39 Å². The highest BCUT2D eigenvalue weighted by molar-refractivity contribution is 5.77. The Bertz CT molecular complexity index is 619. The fourth-order valence-corrected chi connectivity index (χ4v) is 2.17. The number of ether oxygens (including phenoxy) is 1. The van der Waals surface area contributed by atoms with Crippen LogP contribution in [0.1, 0.15) is 12.0 Å². The van der Waals surface area contributed by atoms with Crippen LogP contribution in [-0.2, 0) is 11.3 Å². The van der Waals surface area contributed by atoms with Crippen LogP contribution < -0.4 is 10.5 Å². The van der Waals surface area contributed by atoms with Crippen LogP contribution in [0, 0.1) is 5.82 Å². The Labute approximate surface area is 135 Å². The first-order valence-corrected chi connectivity index (χ1v) is 7.60. The first-order valence-electron chi connectivity index (χ1n) is 7.60. The minimum absolute atomic E-state index is 0.0827. The average molecular weight is 316 g/mol. The van der Waals surface area contributed by atoms with E-state index in [9.17, 15) is 9.18 Å². The van der Waals surface area contributed by atoms with Gasteiger partial charge in [0.15, 0.2) is 18.2 Å². The molecule has 0 spiro atoms. The first kappa shape index (κ1) is 17.0. The Morgan fingerprint density at radius 1 is 1.09 bits per heavy atom. The number of rotatable bonds is 8. The third kappa shape index (κ3) is 5.38. The SMILES string of the molecule is NCCCN(Cc1ccccc1)C(=O)COc1ccccc1F. The van der Waals surface area contributed by atoms with Gasteiger partial charge in [-0.15, -0.1) is 0 Å². The maximum absolute atomic E-state index is 13.5. The number of hydrogen-bond acceptors (Lipinski definition) is 3. The van der Waals surface area contributed by atoms with Gasteiger partial charge in [-0.05, 0) is 30.7 Å². The molecule has 2 rings (SSSR count). The van der Waals surface area contributed by atoms with Crippen molar-refractivity contribution in [2.45, 2.75) is 13.0 Å². The number of halogens is 1. The molecule has 0 unspecified atom stereocenters. The van der Waals surface area contributed by atoms with Gasteiger partial charge in [0, 0.05) is 13.1 Å². The summed E-state index contributed by atoms with van der Waals surface area (Å²) in [5, 5.41) is 0. The minimum Gasteiger partial charge on any atom is -0.481 e. The summed E-state index contributed by atoms with van der Waals surface area (Å²) in [5.74, 6) is -0.582. The van der Waals surface area contributed by atoms with Crippen LogP contribution in [0.15, 0.2) is 54.6 Å². The lowest BCUT2D eigenvalue weighted by atomic mass is 10.2. The zero-order chi connectivity index (χ0) is 16.5. The van der Waals surface area contributed by atoms with E-state index < -0.39 is 5.82 Å². The van der Waals surface area contributed by atoms with Crippen molar-refractivity contribution in [3.05, 3.63) is 66.0 Å². The zero-order valence-electron chi connectivity index (χ0n) is 13.0. The third-order valence-electron chi connectivity index (χ3n) is 3.39. The number of nitrogens with zero attached hydrogens (tertiary/aromatic N) is 1. The third-order valence-corrected chi connectivity index (χ3v) is 3.39. The second-order valence-corrected chi connectivity index (χ2v) is 5.16. The van der Waals surface area contributed by atoms with Gasteiger partial charge < -0.3 is 15.4 Å². The summed E-state index contributed by atoms with van der Waals surface area (Å²) in [6, 6.07) is 15.7. The Morgan fingerprint density at radius 3 is 2.48 bits per heavy atom.